The SMILES string of the molecule is Clc1cc(-c2nc(N3CCOCC3)c3[nH]cnc3n2)ccc1OCc1ccccc1. The van der Waals surface area contributed by atoms with Crippen molar-refractivity contribution in [2.24, 2.45) is 0 Å². The lowest BCUT2D eigenvalue weighted by Crippen LogP contribution is -2.37. The van der Waals surface area contributed by atoms with E-state index >= 15 is 0 Å². The van der Waals surface area contributed by atoms with Gasteiger partial charge in [-0.1, -0.05) is 41.9 Å². The normalized spacial score (nSPS) is 14.2. The van der Waals surface area contributed by atoms with Crippen molar-refractivity contribution in [3.05, 3.63) is 65.4 Å². The molecule has 1 fully saturated rings. The number of hydrogen-bond acceptors (Lipinski definition) is 6. The smallest absolute Gasteiger partial charge is 0.183 e. The van der Waals surface area contributed by atoms with Crippen molar-refractivity contribution < 1.29 is 9.47 Å². The number of benzene rings is 2. The Bertz CT molecular complexity index is 1160. The van der Waals surface area contributed by atoms with Gasteiger partial charge in [0, 0.05) is 18.7 Å². The van der Waals surface area contributed by atoms with Crippen molar-refractivity contribution in [2.45, 2.75) is 6.61 Å². The van der Waals surface area contributed by atoms with Gasteiger partial charge in [0.15, 0.2) is 17.3 Å². The molecule has 7 nitrogen and oxygen atoms in total. The highest BCUT2D eigenvalue weighted by Crippen LogP contribution is 2.32. The van der Waals surface area contributed by atoms with Crippen LogP contribution in [0.1, 0.15) is 5.56 Å². The van der Waals surface area contributed by atoms with Crippen LogP contribution in [0.3, 0.4) is 0 Å². The Morgan fingerprint density at radius 3 is 2.70 bits per heavy atom. The molecular weight excluding hydrogens is 402 g/mol. The van der Waals surface area contributed by atoms with Crippen LogP contribution < -0.4 is 9.64 Å². The van der Waals surface area contributed by atoms with Gasteiger partial charge in [0.1, 0.15) is 17.9 Å². The number of aromatic nitrogens is 4. The van der Waals surface area contributed by atoms with Crippen LogP contribution in [0.25, 0.3) is 22.6 Å². The van der Waals surface area contributed by atoms with Gasteiger partial charge in [0.25, 0.3) is 0 Å². The zero-order valence-corrected chi connectivity index (χ0v) is 17.0. The summed E-state index contributed by atoms with van der Waals surface area (Å²) < 4.78 is 11.3. The lowest BCUT2D eigenvalue weighted by Gasteiger charge is -2.28. The number of halogens is 1. The van der Waals surface area contributed by atoms with E-state index in [9.17, 15) is 0 Å². The van der Waals surface area contributed by atoms with Crippen LogP contribution >= 0.6 is 11.6 Å². The zero-order valence-electron chi connectivity index (χ0n) is 16.2. The summed E-state index contributed by atoms with van der Waals surface area (Å²) in [7, 11) is 0. The molecule has 2 aromatic heterocycles. The molecule has 0 spiro atoms. The molecule has 0 aliphatic carbocycles. The fraction of sp³-hybridized carbons (Fsp3) is 0.227. The van der Waals surface area contributed by atoms with E-state index in [0.29, 0.717) is 42.1 Å². The second kappa shape index (κ2) is 8.30. The molecule has 0 unspecified atom stereocenters. The molecule has 5 rings (SSSR count). The number of nitrogens with one attached hydrogen (secondary N) is 1. The van der Waals surface area contributed by atoms with Crippen molar-refractivity contribution in [1.29, 1.82) is 0 Å². The second-order valence-corrected chi connectivity index (χ2v) is 7.40. The summed E-state index contributed by atoms with van der Waals surface area (Å²) >= 11 is 6.50. The summed E-state index contributed by atoms with van der Waals surface area (Å²) in [5.41, 5.74) is 3.35. The van der Waals surface area contributed by atoms with E-state index in [1.807, 2.05) is 48.5 Å². The maximum Gasteiger partial charge on any atom is 0.183 e. The number of imidazole rings is 1. The van der Waals surface area contributed by atoms with Crippen LogP contribution in [0.15, 0.2) is 54.9 Å². The number of anilines is 1. The molecule has 1 saturated heterocycles. The molecule has 0 amide bonds. The number of rotatable bonds is 5. The number of fused-ring (bicyclic) bond motifs is 1. The predicted octanol–water partition coefficient (Wildman–Crippen LogP) is 4.09. The van der Waals surface area contributed by atoms with E-state index in [1.54, 1.807) is 6.33 Å². The molecular formula is C22H20ClN5O2. The Morgan fingerprint density at radius 1 is 1.07 bits per heavy atom. The molecule has 0 bridgehead atoms. The standard InChI is InChI=1S/C22H20ClN5O2/c23-17-12-16(6-7-18(17)30-13-15-4-2-1-3-5-15)20-26-21-19(24-14-25-21)22(27-20)28-8-10-29-11-9-28/h1-7,12,14H,8-11,13H2,(H,24,25,26,27). The van der Waals surface area contributed by atoms with Gasteiger partial charge >= 0.3 is 0 Å². The van der Waals surface area contributed by atoms with Gasteiger partial charge in [-0.2, -0.15) is 0 Å². The summed E-state index contributed by atoms with van der Waals surface area (Å²) in [6.45, 7) is 3.36. The Kier molecular flexibility index (Phi) is 5.21. The fourth-order valence-electron chi connectivity index (χ4n) is 3.44. The minimum Gasteiger partial charge on any atom is -0.487 e. The first-order valence-corrected chi connectivity index (χ1v) is 10.2. The average molecular weight is 422 g/mol. The van der Waals surface area contributed by atoms with Crippen molar-refractivity contribution in [2.75, 3.05) is 31.2 Å². The van der Waals surface area contributed by atoms with Crippen LogP contribution in [0.4, 0.5) is 5.82 Å². The Balaban J connectivity index is 1.44. The Hall–Kier alpha value is -3.16. The lowest BCUT2D eigenvalue weighted by molar-refractivity contribution is 0.122. The fourth-order valence-corrected chi connectivity index (χ4v) is 3.68. The van der Waals surface area contributed by atoms with E-state index in [4.69, 9.17) is 26.1 Å². The molecule has 8 heteroatoms. The Morgan fingerprint density at radius 2 is 1.90 bits per heavy atom. The third-order valence-electron chi connectivity index (χ3n) is 5.00. The first-order chi connectivity index (χ1) is 14.8. The van der Waals surface area contributed by atoms with Crippen molar-refractivity contribution in [3.63, 3.8) is 0 Å². The van der Waals surface area contributed by atoms with Crippen LogP contribution in [0, 0.1) is 0 Å². The number of ether oxygens (including phenoxy) is 2. The summed E-state index contributed by atoms with van der Waals surface area (Å²) in [6, 6.07) is 15.6. The maximum atomic E-state index is 6.50. The van der Waals surface area contributed by atoms with Crippen LogP contribution in [-0.4, -0.2) is 46.2 Å². The molecule has 1 aliphatic rings. The molecule has 4 aromatic rings. The highest BCUT2D eigenvalue weighted by atomic mass is 35.5. The van der Waals surface area contributed by atoms with E-state index < -0.39 is 0 Å². The monoisotopic (exact) mass is 421 g/mol. The number of morpholine rings is 1. The van der Waals surface area contributed by atoms with E-state index in [-0.39, 0.29) is 0 Å². The summed E-state index contributed by atoms with van der Waals surface area (Å²) in [5, 5.41) is 0.516. The molecule has 0 saturated carbocycles. The maximum absolute atomic E-state index is 6.50. The predicted molar refractivity (Wildman–Crippen MR) is 116 cm³/mol. The summed E-state index contributed by atoms with van der Waals surface area (Å²) in [4.78, 5) is 19.1. The van der Waals surface area contributed by atoms with E-state index in [1.165, 1.54) is 0 Å². The van der Waals surface area contributed by atoms with Gasteiger partial charge in [-0.15, -0.1) is 0 Å². The second-order valence-electron chi connectivity index (χ2n) is 6.99. The molecule has 1 N–H and O–H groups in total. The number of hydrogen-bond donors (Lipinski definition) is 1. The van der Waals surface area contributed by atoms with Crippen molar-refractivity contribution in [3.8, 4) is 17.1 Å². The molecule has 0 radical (unpaired) electrons. The molecule has 1 aliphatic heterocycles. The van der Waals surface area contributed by atoms with Crippen molar-refractivity contribution in [1.82, 2.24) is 19.9 Å². The number of aromatic amines is 1. The third-order valence-corrected chi connectivity index (χ3v) is 5.30. The first kappa shape index (κ1) is 18.8. The quantitative estimate of drug-likeness (QED) is 0.523. The van der Waals surface area contributed by atoms with Gasteiger partial charge in [-0.3, -0.25) is 0 Å². The van der Waals surface area contributed by atoms with Crippen LogP contribution in [0.2, 0.25) is 5.02 Å². The topological polar surface area (TPSA) is 76.2 Å². The zero-order chi connectivity index (χ0) is 20.3. The largest absolute Gasteiger partial charge is 0.487 e. The molecule has 3 heterocycles. The van der Waals surface area contributed by atoms with Crippen LogP contribution in [0.5, 0.6) is 5.75 Å². The van der Waals surface area contributed by atoms with Crippen molar-refractivity contribution >= 4 is 28.6 Å². The highest BCUT2D eigenvalue weighted by Gasteiger charge is 2.19. The summed E-state index contributed by atoms with van der Waals surface area (Å²) in [5.74, 6) is 2.03. The van der Waals surface area contributed by atoms with Gasteiger partial charge in [0.05, 0.1) is 24.6 Å². The van der Waals surface area contributed by atoms with Gasteiger partial charge in [0.2, 0.25) is 0 Å². The van der Waals surface area contributed by atoms with Gasteiger partial charge < -0.3 is 19.4 Å². The Labute approximate surface area is 178 Å². The minimum atomic E-state index is 0.455. The minimum absolute atomic E-state index is 0.455. The van der Waals surface area contributed by atoms with Gasteiger partial charge in [-0.05, 0) is 23.8 Å². The highest BCUT2D eigenvalue weighted by molar-refractivity contribution is 6.32. The first-order valence-electron chi connectivity index (χ1n) is 9.78. The lowest BCUT2D eigenvalue weighted by atomic mass is 10.2. The third kappa shape index (κ3) is 3.81. The number of nitrogens with zero attached hydrogens (tertiary/aromatic N) is 4. The van der Waals surface area contributed by atoms with Gasteiger partial charge in [-0.25, -0.2) is 15.0 Å². The number of H-pyrrole nitrogens is 1. The van der Waals surface area contributed by atoms with E-state index in [2.05, 4.69) is 19.9 Å². The molecule has 0 atom stereocenters. The molecule has 30 heavy (non-hydrogen) atoms. The molecule has 152 valence electrons. The average Bonchev–Trinajstić information content (AvgIpc) is 3.28. The molecule has 2 aromatic carbocycles. The van der Waals surface area contributed by atoms with Crippen LogP contribution in [-0.2, 0) is 11.3 Å². The summed E-state index contributed by atoms with van der Waals surface area (Å²) in [6.07, 6.45) is 1.64. The van der Waals surface area contributed by atoms with E-state index in [0.717, 1.165) is 35.6 Å².